The van der Waals surface area contributed by atoms with Crippen molar-refractivity contribution in [2.45, 2.75) is 34.6 Å². The van der Waals surface area contributed by atoms with Crippen LogP contribution in [0.4, 0.5) is 5.69 Å². The smallest absolute Gasteiger partial charge is 0.343 e. The molecule has 6 heteroatoms. The molecule has 0 aliphatic carbocycles. The van der Waals surface area contributed by atoms with Crippen molar-refractivity contribution in [3.05, 3.63) is 98.6 Å². The number of carbonyl (C=O) groups excluding carboxylic acids is 2. The molecule has 0 bridgehead atoms. The molecule has 0 unspecified atom stereocenters. The first-order valence-corrected chi connectivity index (χ1v) is 11.4. The molecule has 5 nitrogen and oxygen atoms in total. The van der Waals surface area contributed by atoms with Crippen LogP contribution in [0.1, 0.15) is 35.0 Å². The number of nitrogens with zero attached hydrogens (tertiary/aromatic N) is 2. The maximum atomic E-state index is 13.4. The second kappa shape index (κ2) is 8.99. The number of methoxy groups -OCH3 is 1. The highest BCUT2D eigenvalue weighted by Gasteiger charge is 2.38. The number of carbonyl (C=O) groups is 2. The van der Waals surface area contributed by atoms with Gasteiger partial charge in [-0.05, 0) is 93.8 Å². The van der Waals surface area contributed by atoms with Gasteiger partial charge in [0.1, 0.15) is 5.57 Å². The molecule has 1 aliphatic heterocycles. The average Bonchev–Trinajstić information content (AvgIpc) is 3.21. The number of halogens is 1. The number of hydrogen-bond donors (Lipinski definition) is 0. The molecule has 1 aromatic heterocycles. The number of Topliss-reactive ketones (excluding diaryl/α,β-unsaturated/α-hetero) is 1. The van der Waals surface area contributed by atoms with Crippen LogP contribution in [-0.4, -0.2) is 23.4 Å². The van der Waals surface area contributed by atoms with E-state index in [2.05, 4.69) is 42.7 Å². The van der Waals surface area contributed by atoms with Gasteiger partial charge in [0.15, 0.2) is 0 Å². The molecule has 34 heavy (non-hydrogen) atoms. The van der Waals surface area contributed by atoms with Crippen molar-refractivity contribution in [1.29, 1.82) is 0 Å². The summed E-state index contributed by atoms with van der Waals surface area (Å²) in [6.45, 7) is 10.00. The first-order chi connectivity index (χ1) is 16.1. The molecule has 0 saturated heterocycles. The fourth-order valence-electron chi connectivity index (χ4n) is 4.49. The minimum Gasteiger partial charge on any atom is -0.465 e. The first kappa shape index (κ1) is 23.6. The standard InChI is InChI=1S/C28H27ClN2O3/c1-16-7-8-17(2)24(13-16)30-18(3)14-21(19(30)4)15-25-27(32)26(28(33)34-6)20(5)31(25)23-11-9-22(29)10-12-23/h7-15H,1-6H3/b25-15-. The summed E-state index contributed by atoms with van der Waals surface area (Å²) in [4.78, 5) is 27.7. The topological polar surface area (TPSA) is 51.5 Å². The number of aromatic nitrogens is 1. The second-order valence-electron chi connectivity index (χ2n) is 8.57. The van der Waals surface area contributed by atoms with Gasteiger partial charge >= 0.3 is 5.97 Å². The van der Waals surface area contributed by atoms with E-state index in [4.69, 9.17) is 16.3 Å². The van der Waals surface area contributed by atoms with Crippen molar-refractivity contribution in [1.82, 2.24) is 4.57 Å². The molecule has 4 rings (SSSR count). The summed E-state index contributed by atoms with van der Waals surface area (Å²) in [5, 5.41) is 0.590. The van der Waals surface area contributed by atoms with Crippen LogP contribution >= 0.6 is 11.6 Å². The molecular formula is C28H27ClN2O3. The van der Waals surface area contributed by atoms with E-state index in [-0.39, 0.29) is 11.4 Å². The van der Waals surface area contributed by atoms with E-state index in [1.807, 2.05) is 32.1 Å². The zero-order chi connectivity index (χ0) is 24.7. The van der Waals surface area contributed by atoms with Crippen LogP contribution < -0.4 is 4.90 Å². The zero-order valence-electron chi connectivity index (χ0n) is 20.2. The average molecular weight is 475 g/mol. The Morgan fingerprint density at radius 1 is 0.971 bits per heavy atom. The largest absolute Gasteiger partial charge is 0.465 e. The highest BCUT2D eigenvalue weighted by molar-refractivity contribution is 6.31. The molecule has 0 saturated carbocycles. The van der Waals surface area contributed by atoms with Crippen LogP contribution in [0.2, 0.25) is 5.02 Å². The molecule has 0 atom stereocenters. The predicted molar refractivity (Wildman–Crippen MR) is 136 cm³/mol. The maximum Gasteiger partial charge on any atom is 0.343 e. The molecule has 2 heterocycles. The van der Waals surface area contributed by atoms with Crippen molar-refractivity contribution < 1.29 is 14.3 Å². The summed E-state index contributed by atoms with van der Waals surface area (Å²) < 4.78 is 7.11. The van der Waals surface area contributed by atoms with E-state index in [9.17, 15) is 9.59 Å². The van der Waals surface area contributed by atoms with Gasteiger partial charge in [-0.2, -0.15) is 0 Å². The van der Waals surface area contributed by atoms with Crippen LogP contribution in [0.25, 0.3) is 11.8 Å². The molecular weight excluding hydrogens is 448 g/mol. The Hall–Kier alpha value is -3.57. The number of aryl methyl sites for hydroxylation is 3. The fourth-order valence-corrected chi connectivity index (χ4v) is 4.62. The van der Waals surface area contributed by atoms with Crippen molar-refractivity contribution in [2.24, 2.45) is 0 Å². The Kier molecular flexibility index (Phi) is 6.24. The van der Waals surface area contributed by atoms with E-state index in [0.717, 1.165) is 33.9 Å². The van der Waals surface area contributed by atoms with Gasteiger partial charge in [0, 0.05) is 33.5 Å². The molecule has 1 aliphatic rings. The maximum absolute atomic E-state index is 13.4. The molecule has 0 radical (unpaired) electrons. The van der Waals surface area contributed by atoms with Crippen LogP contribution in [0, 0.1) is 27.7 Å². The van der Waals surface area contributed by atoms with Crippen molar-refractivity contribution >= 4 is 35.1 Å². The Bertz CT molecular complexity index is 1380. The van der Waals surface area contributed by atoms with Crippen LogP contribution in [-0.2, 0) is 14.3 Å². The van der Waals surface area contributed by atoms with Crippen LogP contribution in [0.15, 0.2) is 65.5 Å². The fraction of sp³-hybridized carbons (Fsp3) is 0.214. The molecule has 0 spiro atoms. The predicted octanol–water partition coefficient (Wildman–Crippen LogP) is 6.24. The van der Waals surface area contributed by atoms with Gasteiger partial charge in [0.05, 0.1) is 12.8 Å². The van der Waals surface area contributed by atoms with E-state index in [1.165, 1.54) is 12.7 Å². The number of allylic oxidation sites excluding steroid dienone is 2. The Morgan fingerprint density at radius 2 is 1.65 bits per heavy atom. The molecule has 0 amide bonds. The van der Waals surface area contributed by atoms with Crippen molar-refractivity contribution in [3.63, 3.8) is 0 Å². The van der Waals surface area contributed by atoms with E-state index in [1.54, 1.807) is 24.0 Å². The Labute approximate surface area is 204 Å². The lowest BCUT2D eigenvalue weighted by atomic mass is 10.1. The first-order valence-electron chi connectivity index (χ1n) is 11.0. The summed E-state index contributed by atoms with van der Waals surface area (Å²) >= 11 is 6.09. The lowest BCUT2D eigenvalue weighted by Gasteiger charge is -2.21. The van der Waals surface area contributed by atoms with Gasteiger partial charge in [-0.15, -0.1) is 0 Å². The molecule has 0 fully saturated rings. The summed E-state index contributed by atoms with van der Waals surface area (Å²) in [5.74, 6) is -1.01. The third kappa shape index (κ3) is 3.97. The number of rotatable bonds is 4. The zero-order valence-corrected chi connectivity index (χ0v) is 20.9. The Balaban J connectivity index is 1.89. The Morgan fingerprint density at radius 3 is 2.29 bits per heavy atom. The lowest BCUT2D eigenvalue weighted by molar-refractivity contribution is -0.137. The summed E-state index contributed by atoms with van der Waals surface area (Å²) in [7, 11) is 1.28. The third-order valence-corrected chi connectivity index (χ3v) is 6.49. The summed E-state index contributed by atoms with van der Waals surface area (Å²) in [6.07, 6.45) is 1.85. The molecule has 2 aromatic carbocycles. The second-order valence-corrected chi connectivity index (χ2v) is 9.01. The minimum atomic E-state index is -0.647. The monoisotopic (exact) mass is 474 g/mol. The number of esters is 1. The molecule has 0 N–H and O–H groups in total. The van der Waals surface area contributed by atoms with Gasteiger partial charge in [0.25, 0.3) is 0 Å². The van der Waals surface area contributed by atoms with Gasteiger partial charge in [-0.1, -0.05) is 23.7 Å². The van der Waals surface area contributed by atoms with E-state index >= 15 is 0 Å². The SMILES string of the molecule is COC(=O)C1=C(C)N(c2ccc(Cl)cc2)/C(=C\c2cc(C)n(-c3cc(C)ccc3C)c2C)C1=O. The number of ketones is 1. The number of hydrogen-bond acceptors (Lipinski definition) is 4. The van der Waals surface area contributed by atoms with Crippen LogP contribution in [0.3, 0.4) is 0 Å². The van der Waals surface area contributed by atoms with Gasteiger partial charge < -0.3 is 14.2 Å². The summed E-state index contributed by atoms with van der Waals surface area (Å²) in [5.41, 5.74) is 8.10. The number of ether oxygens (including phenoxy) is 1. The minimum absolute atomic E-state index is 0.0343. The van der Waals surface area contributed by atoms with Crippen molar-refractivity contribution in [3.8, 4) is 5.69 Å². The summed E-state index contributed by atoms with van der Waals surface area (Å²) in [6, 6.07) is 15.6. The molecule has 3 aromatic rings. The van der Waals surface area contributed by atoms with Crippen LogP contribution in [0.5, 0.6) is 0 Å². The normalized spacial score (nSPS) is 15.0. The lowest BCUT2D eigenvalue weighted by Crippen LogP contribution is -2.18. The van der Waals surface area contributed by atoms with Gasteiger partial charge in [-0.3, -0.25) is 4.79 Å². The number of anilines is 1. The quantitative estimate of drug-likeness (QED) is 0.255. The molecule has 174 valence electrons. The van der Waals surface area contributed by atoms with Crippen molar-refractivity contribution in [2.75, 3.05) is 12.0 Å². The van der Waals surface area contributed by atoms with Gasteiger partial charge in [0.2, 0.25) is 5.78 Å². The number of benzene rings is 2. The highest BCUT2D eigenvalue weighted by Crippen LogP contribution is 2.37. The van der Waals surface area contributed by atoms with E-state index < -0.39 is 5.97 Å². The highest BCUT2D eigenvalue weighted by atomic mass is 35.5. The van der Waals surface area contributed by atoms with E-state index in [0.29, 0.717) is 16.4 Å². The third-order valence-electron chi connectivity index (χ3n) is 6.24. The van der Waals surface area contributed by atoms with Gasteiger partial charge in [-0.25, -0.2) is 4.79 Å².